The Hall–Kier alpha value is -7.50. The van der Waals surface area contributed by atoms with E-state index in [2.05, 4.69) is 52.8 Å². The van der Waals surface area contributed by atoms with Crippen molar-refractivity contribution in [1.82, 2.24) is 47.9 Å². The number of hydrogen-bond donors (Lipinski definition) is 17. The summed E-state index contributed by atoms with van der Waals surface area (Å²) in [7, 11) is 0. The first kappa shape index (κ1) is 68.5. The summed E-state index contributed by atoms with van der Waals surface area (Å²) in [5, 5.41) is 43.0. The van der Waals surface area contributed by atoms with Crippen LogP contribution in [0.1, 0.15) is 104 Å². The second kappa shape index (κ2) is 36.5. The summed E-state index contributed by atoms with van der Waals surface area (Å²) >= 11 is 0. The smallest absolute Gasteiger partial charge is 0.245 e. The van der Waals surface area contributed by atoms with Crippen LogP contribution >= 0.6 is 0 Å². The van der Waals surface area contributed by atoms with Crippen LogP contribution in [0.5, 0.6) is 0 Å². The first-order valence-corrected chi connectivity index (χ1v) is 25.9. The molecule has 0 aromatic heterocycles. The maximum atomic E-state index is 14.2. The average Bonchev–Trinajstić information content (AvgIpc) is 3.37. The van der Waals surface area contributed by atoms with Crippen LogP contribution in [0.2, 0.25) is 0 Å². The van der Waals surface area contributed by atoms with Crippen LogP contribution < -0.4 is 82.3 Å². The molecule has 11 atom stereocenters. The minimum absolute atomic E-state index is 0.0168. The van der Waals surface area contributed by atoms with E-state index in [1.807, 2.05) is 0 Å². The van der Waals surface area contributed by atoms with Crippen LogP contribution in [0.3, 0.4) is 0 Å². The van der Waals surface area contributed by atoms with Gasteiger partial charge in [-0.15, -0.1) is 0 Å². The standard InChI is InChI=1S/C49H84N16O13/c1-6-26(2)38(58-29(5)68)47(77)64-36(25-66)46(76)57-27(3)41(71)62-34(23-30-15-8-7-9-16-30)44(74)60-32(18-11-13-21-51)43(73)65-39(28(4)67)48(78)63-35(24-37(52)69)45(75)61-33(19-14-22-56-49(54)55)42(72)59-31(40(53)70)17-10-12-20-50/h7-9,15-16,26-28,31-36,38-39,66-67H,6,10-14,17-25,50-51H2,1-5H3,(H2,52,69)(H2,53,70)(H,57,76)(H,58,68)(H,59,72)(H,60,74)(H,61,75)(H,62,71)(H,63,78)(H,64,77)(H,65,73)(H4,54,55,56)/t26-,27-,28+,31-,32-,33-,34-,35-,36-,38-,39-/m0/s1. The van der Waals surface area contributed by atoms with Crippen molar-refractivity contribution in [2.45, 2.75) is 166 Å². The van der Waals surface area contributed by atoms with Gasteiger partial charge in [0.15, 0.2) is 5.96 Å². The van der Waals surface area contributed by atoms with E-state index in [1.165, 1.54) is 13.8 Å². The number of carbonyl (C=O) groups excluding carboxylic acids is 11. The first-order chi connectivity index (χ1) is 36.8. The number of primary amides is 2. The Kier molecular flexibility index (Phi) is 32.1. The summed E-state index contributed by atoms with van der Waals surface area (Å²) in [4.78, 5) is 150. The van der Waals surface area contributed by atoms with Crippen LogP contribution in [0.4, 0.5) is 0 Å². The molecule has 0 heterocycles. The van der Waals surface area contributed by atoms with Gasteiger partial charge in [0.25, 0.3) is 0 Å². The predicted molar refractivity (Wildman–Crippen MR) is 286 cm³/mol. The Balaban J connectivity index is 3.47. The topological polar surface area (TPSA) is 505 Å². The minimum Gasteiger partial charge on any atom is -0.394 e. The molecule has 0 fully saturated rings. The summed E-state index contributed by atoms with van der Waals surface area (Å²) in [5.41, 5.74) is 33.7. The molecule has 29 nitrogen and oxygen atoms in total. The zero-order chi connectivity index (χ0) is 59.1. The van der Waals surface area contributed by atoms with Gasteiger partial charge in [-0.1, -0.05) is 50.6 Å². The quantitative estimate of drug-likeness (QED) is 0.0166. The number of benzene rings is 1. The van der Waals surface area contributed by atoms with Crippen molar-refractivity contribution in [3.8, 4) is 0 Å². The van der Waals surface area contributed by atoms with Crippen molar-refractivity contribution < 1.29 is 63.0 Å². The molecular weight excluding hydrogens is 1020 g/mol. The van der Waals surface area contributed by atoms with Gasteiger partial charge in [0, 0.05) is 19.9 Å². The van der Waals surface area contributed by atoms with Crippen molar-refractivity contribution in [3.63, 3.8) is 0 Å². The number of nitrogens with zero attached hydrogens (tertiary/aromatic N) is 1. The molecule has 0 unspecified atom stereocenters. The van der Waals surface area contributed by atoms with E-state index in [9.17, 15) is 63.0 Å². The molecule has 438 valence electrons. The highest BCUT2D eigenvalue weighted by molar-refractivity contribution is 5.99. The van der Waals surface area contributed by atoms with E-state index in [1.54, 1.807) is 44.2 Å². The second-order valence-corrected chi connectivity index (χ2v) is 18.9. The fraction of sp³-hybridized carbons (Fsp3) is 0.633. The number of nitrogens with two attached hydrogens (primary N) is 6. The average molecular weight is 1110 g/mol. The molecule has 0 radical (unpaired) electrons. The number of unbranched alkanes of at least 4 members (excludes halogenated alkanes) is 2. The summed E-state index contributed by atoms with van der Waals surface area (Å²) in [6.07, 6.45) is -0.578. The van der Waals surface area contributed by atoms with E-state index in [0.717, 1.165) is 6.92 Å². The Morgan fingerprint density at radius 3 is 1.50 bits per heavy atom. The molecule has 0 aliphatic rings. The van der Waals surface area contributed by atoms with Crippen LogP contribution in [-0.2, 0) is 59.2 Å². The lowest BCUT2D eigenvalue weighted by Crippen LogP contribution is -2.62. The number of rotatable bonds is 38. The number of amides is 11. The summed E-state index contributed by atoms with van der Waals surface area (Å²) in [6, 6.07) is -4.68. The van der Waals surface area contributed by atoms with Gasteiger partial charge >= 0.3 is 0 Å². The predicted octanol–water partition coefficient (Wildman–Crippen LogP) is -6.28. The molecule has 0 aliphatic heterocycles. The largest absolute Gasteiger partial charge is 0.394 e. The molecule has 1 aromatic rings. The highest BCUT2D eigenvalue weighted by Gasteiger charge is 2.36. The van der Waals surface area contributed by atoms with Crippen LogP contribution in [0.15, 0.2) is 35.3 Å². The third-order valence-electron chi connectivity index (χ3n) is 12.2. The van der Waals surface area contributed by atoms with Gasteiger partial charge in [-0.2, -0.15) is 0 Å². The van der Waals surface area contributed by atoms with Gasteiger partial charge in [-0.3, -0.25) is 57.7 Å². The van der Waals surface area contributed by atoms with E-state index >= 15 is 0 Å². The molecule has 1 aromatic carbocycles. The number of aliphatic imine (C=N–C) groups is 1. The van der Waals surface area contributed by atoms with Gasteiger partial charge in [-0.25, -0.2) is 0 Å². The minimum atomic E-state index is -1.86. The molecule has 0 spiro atoms. The van der Waals surface area contributed by atoms with Crippen LogP contribution in [-0.4, -0.2) is 168 Å². The molecule has 0 bridgehead atoms. The molecule has 11 amide bonds. The van der Waals surface area contributed by atoms with Gasteiger partial charge in [0.05, 0.1) is 19.1 Å². The molecule has 78 heavy (non-hydrogen) atoms. The fourth-order valence-corrected chi connectivity index (χ4v) is 7.57. The number of nitrogens with one attached hydrogen (secondary N) is 9. The van der Waals surface area contributed by atoms with E-state index in [-0.39, 0.29) is 63.5 Å². The highest BCUT2D eigenvalue weighted by Crippen LogP contribution is 2.11. The van der Waals surface area contributed by atoms with Crippen molar-refractivity contribution in [1.29, 1.82) is 0 Å². The molecule has 23 N–H and O–H groups in total. The second-order valence-electron chi connectivity index (χ2n) is 18.9. The van der Waals surface area contributed by atoms with E-state index < -0.39 is 138 Å². The molecule has 0 saturated carbocycles. The maximum Gasteiger partial charge on any atom is 0.245 e. The third kappa shape index (κ3) is 26.0. The Morgan fingerprint density at radius 1 is 0.538 bits per heavy atom. The first-order valence-electron chi connectivity index (χ1n) is 25.9. The van der Waals surface area contributed by atoms with Crippen molar-refractivity contribution in [3.05, 3.63) is 35.9 Å². The van der Waals surface area contributed by atoms with Crippen LogP contribution in [0.25, 0.3) is 0 Å². The SMILES string of the molecule is CC[C@H](C)[C@H](NC(C)=O)C(=O)N[C@@H](CO)C(=O)N[C@@H](C)C(=O)N[C@@H](Cc1ccccc1)C(=O)N[C@@H](CCCCN)C(=O)N[C@H](C(=O)N[C@@H](CC(N)=O)C(=O)N[C@@H](CCCN=C(N)N)C(=O)N[C@@H](CCCCN)C(N)=O)[C@@H](C)O. The zero-order valence-electron chi connectivity index (χ0n) is 45.1. The van der Waals surface area contributed by atoms with Gasteiger partial charge < -0.3 is 92.5 Å². The number of aliphatic hydroxyl groups is 2. The number of guanidine groups is 1. The van der Waals surface area contributed by atoms with Crippen LogP contribution in [0, 0.1) is 5.92 Å². The van der Waals surface area contributed by atoms with Crippen molar-refractivity contribution in [2.75, 3.05) is 26.2 Å². The summed E-state index contributed by atoms with van der Waals surface area (Å²) in [5.74, 6) is -10.7. The third-order valence-corrected chi connectivity index (χ3v) is 12.2. The molecule has 0 saturated heterocycles. The number of hydrogen-bond acceptors (Lipinski definition) is 16. The Labute approximate surface area is 453 Å². The van der Waals surface area contributed by atoms with Gasteiger partial charge in [0.2, 0.25) is 65.0 Å². The molecule has 1 rings (SSSR count). The monoisotopic (exact) mass is 1100 g/mol. The van der Waals surface area contributed by atoms with Gasteiger partial charge in [-0.05, 0) is 89.8 Å². The fourth-order valence-electron chi connectivity index (χ4n) is 7.57. The normalized spacial score (nSPS) is 15.2. The summed E-state index contributed by atoms with van der Waals surface area (Å²) in [6.45, 7) is 6.77. The molecule has 0 aliphatic carbocycles. The maximum absolute atomic E-state index is 14.2. The lowest BCUT2D eigenvalue weighted by atomic mass is 9.98. The molecule has 29 heteroatoms. The van der Waals surface area contributed by atoms with Crippen molar-refractivity contribution >= 4 is 70.9 Å². The van der Waals surface area contributed by atoms with Gasteiger partial charge in [0.1, 0.15) is 54.4 Å². The Morgan fingerprint density at radius 2 is 1.00 bits per heavy atom. The number of carbonyl (C=O) groups is 11. The van der Waals surface area contributed by atoms with Crippen molar-refractivity contribution in [2.24, 2.45) is 45.3 Å². The van der Waals surface area contributed by atoms with E-state index in [0.29, 0.717) is 37.8 Å². The van der Waals surface area contributed by atoms with E-state index in [4.69, 9.17) is 34.4 Å². The lowest BCUT2D eigenvalue weighted by Gasteiger charge is -2.28. The number of aliphatic hydroxyl groups excluding tert-OH is 2. The lowest BCUT2D eigenvalue weighted by molar-refractivity contribution is -0.137. The Bertz CT molecular complexity index is 2180. The highest BCUT2D eigenvalue weighted by atomic mass is 16.3. The molecular formula is C49H84N16O13. The summed E-state index contributed by atoms with van der Waals surface area (Å²) < 4.78 is 0. The zero-order valence-corrected chi connectivity index (χ0v) is 45.1.